The molecule has 0 aliphatic carbocycles. The van der Waals surface area contributed by atoms with E-state index in [1.54, 1.807) is 8.61 Å². The molecule has 2 aliphatic rings. The van der Waals surface area contributed by atoms with Crippen LogP contribution in [0.3, 0.4) is 0 Å². The zero-order valence-electron chi connectivity index (χ0n) is 12.7. The average molecular weight is 304 g/mol. The van der Waals surface area contributed by atoms with Crippen molar-refractivity contribution in [2.75, 3.05) is 52.9 Å². The molecule has 2 heterocycles. The normalized spacial score (nSPS) is 27.8. The summed E-state index contributed by atoms with van der Waals surface area (Å²) >= 11 is 0. The fourth-order valence-electron chi connectivity index (χ4n) is 2.96. The van der Waals surface area contributed by atoms with Gasteiger partial charge in [-0.25, -0.2) is 0 Å². The van der Waals surface area contributed by atoms with E-state index in [0.29, 0.717) is 19.6 Å². The van der Waals surface area contributed by atoms with Gasteiger partial charge in [0.15, 0.2) is 0 Å². The van der Waals surface area contributed by atoms with Crippen molar-refractivity contribution in [3.63, 3.8) is 0 Å². The molecular formula is C13H28N4O2S. The molecule has 2 saturated heterocycles. The van der Waals surface area contributed by atoms with Crippen molar-refractivity contribution in [1.29, 1.82) is 0 Å². The highest BCUT2D eigenvalue weighted by molar-refractivity contribution is 7.86. The first kappa shape index (κ1) is 16.2. The Bertz CT molecular complexity index is 393. The highest BCUT2D eigenvalue weighted by Gasteiger charge is 2.37. The van der Waals surface area contributed by atoms with Gasteiger partial charge in [0.25, 0.3) is 10.2 Å². The molecule has 0 aromatic carbocycles. The maximum absolute atomic E-state index is 12.8. The monoisotopic (exact) mass is 304 g/mol. The van der Waals surface area contributed by atoms with Crippen LogP contribution in [-0.2, 0) is 10.2 Å². The van der Waals surface area contributed by atoms with Crippen LogP contribution in [0.15, 0.2) is 0 Å². The highest BCUT2D eigenvalue weighted by Crippen LogP contribution is 2.23. The Hall–Kier alpha value is -0.210. The van der Waals surface area contributed by atoms with Crippen molar-refractivity contribution in [1.82, 2.24) is 18.8 Å². The molecule has 0 saturated carbocycles. The number of hydrogen-bond donors (Lipinski definition) is 1. The van der Waals surface area contributed by atoms with Gasteiger partial charge in [0.1, 0.15) is 0 Å². The Labute approximate surface area is 123 Å². The van der Waals surface area contributed by atoms with Crippen molar-refractivity contribution in [3.8, 4) is 0 Å². The van der Waals surface area contributed by atoms with Crippen LogP contribution < -0.4 is 5.32 Å². The summed E-state index contributed by atoms with van der Waals surface area (Å²) in [4.78, 5) is 2.18. The van der Waals surface area contributed by atoms with E-state index in [1.807, 2.05) is 7.05 Å². The van der Waals surface area contributed by atoms with Gasteiger partial charge in [-0.2, -0.15) is 17.0 Å². The molecule has 7 heteroatoms. The lowest BCUT2D eigenvalue weighted by molar-refractivity contribution is 0.189. The van der Waals surface area contributed by atoms with Gasteiger partial charge in [0.05, 0.1) is 0 Å². The summed E-state index contributed by atoms with van der Waals surface area (Å²) in [7, 11) is -1.25. The zero-order chi connectivity index (χ0) is 14.6. The van der Waals surface area contributed by atoms with E-state index in [9.17, 15) is 8.42 Å². The van der Waals surface area contributed by atoms with Crippen molar-refractivity contribution in [2.45, 2.75) is 32.2 Å². The van der Waals surface area contributed by atoms with Gasteiger partial charge in [0, 0.05) is 45.3 Å². The first-order chi connectivity index (χ1) is 9.55. The van der Waals surface area contributed by atoms with Crippen molar-refractivity contribution >= 4 is 10.2 Å². The summed E-state index contributed by atoms with van der Waals surface area (Å²) in [5.74, 6) is 0. The van der Waals surface area contributed by atoms with E-state index in [-0.39, 0.29) is 6.04 Å². The number of nitrogens with one attached hydrogen (secondary N) is 1. The molecule has 2 fully saturated rings. The number of likely N-dealkylation sites (N-methyl/N-ethyl adjacent to an activating group) is 2. The lowest BCUT2D eigenvalue weighted by Crippen LogP contribution is -2.57. The number of piperidine rings is 1. The standard InChI is InChI=1S/C13H28N4O2S/c1-3-14-12-13-6-4-5-7-17(13)20(18,19)16-10-8-15(2)9-11-16/h13-14H,3-12H2,1-2H3. The van der Waals surface area contributed by atoms with Crippen LogP contribution in [0.2, 0.25) is 0 Å². The maximum Gasteiger partial charge on any atom is 0.282 e. The van der Waals surface area contributed by atoms with Crippen LogP contribution in [0.1, 0.15) is 26.2 Å². The van der Waals surface area contributed by atoms with Gasteiger partial charge in [-0.15, -0.1) is 0 Å². The van der Waals surface area contributed by atoms with Gasteiger partial charge in [-0.05, 0) is 26.4 Å². The van der Waals surface area contributed by atoms with Gasteiger partial charge in [-0.3, -0.25) is 0 Å². The van der Waals surface area contributed by atoms with Crippen LogP contribution in [0.25, 0.3) is 0 Å². The fraction of sp³-hybridized carbons (Fsp3) is 1.00. The minimum absolute atomic E-state index is 0.119. The second-order valence-electron chi connectivity index (χ2n) is 5.78. The number of piperazine rings is 1. The molecule has 0 bridgehead atoms. The third kappa shape index (κ3) is 3.71. The van der Waals surface area contributed by atoms with Gasteiger partial charge >= 0.3 is 0 Å². The Morgan fingerprint density at radius 2 is 1.80 bits per heavy atom. The van der Waals surface area contributed by atoms with Gasteiger partial charge < -0.3 is 10.2 Å². The summed E-state index contributed by atoms with van der Waals surface area (Å²) in [6, 6.07) is 0.119. The van der Waals surface area contributed by atoms with Crippen LogP contribution >= 0.6 is 0 Å². The summed E-state index contributed by atoms with van der Waals surface area (Å²) in [5, 5.41) is 3.30. The maximum atomic E-state index is 12.8. The molecule has 1 unspecified atom stereocenters. The first-order valence-corrected chi connectivity index (χ1v) is 9.11. The molecule has 0 amide bonds. The van der Waals surface area contributed by atoms with Crippen molar-refractivity contribution < 1.29 is 8.42 Å². The average Bonchev–Trinajstić information content (AvgIpc) is 2.46. The van der Waals surface area contributed by atoms with E-state index in [4.69, 9.17) is 0 Å². The molecule has 6 nitrogen and oxygen atoms in total. The second kappa shape index (κ2) is 7.17. The molecule has 0 aromatic rings. The predicted molar refractivity (Wildman–Crippen MR) is 80.9 cm³/mol. The van der Waals surface area contributed by atoms with E-state index < -0.39 is 10.2 Å². The largest absolute Gasteiger partial charge is 0.315 e. The summed E-state index contributed by atoms with van der Waals surface area (Å²) < 4.78 is 29.1. The Morgan fingerprint density at radius 1 is 1.10 bits per heavy atom. The molecule has 118 valence electrons. The molecule has 2 rings (SSSR count). The Morgan fingerprint density at radius 3 is 2.45 bits per heavy atom. The second-order valence-corrected chi connectivity index (χ2v) is 7.66. The minimum Gasteiger partial charge on any atom is -0.315 e. The van der Waals surface area contributed by atoms with E-state index in [0.717, 1.165) is 45.4 Å². The molecule has 1 atom stereocenters. The smallest absolute Gasteiger partial charge is 0.282 e. The predicted octanol–water partition coefficient (Wildman–Crippen LogP) is -0.0574. The van der Waals surface area contributed by atoms with E-state index in [1.165, 1.54) is 0 Å². The molecule has 2 aliphatic heterocycles. The summed E-state index contributed by atoms with van der Waals surface area (Å²) in [5.41, 5.74) is 0. The van der Waals surface area contributed by atoms with Crippen molar-refractivity contribution in [2.24, 2.45) is 0 Å². The third-order valence-electron chi connectivity index (χ3n) is 4.29. The van der Waals surface area contributed by atoms with Crippen LogP contribution in [-0.4, -0.2) is 80.8 Å². The zero-order valence-corrected chi connectivity index (χ0v) is 13.5. The lowest BCUT2D eigenvalue weighted by Gasteiger charge is -2.40. The van der Waals surface area contributed by atoms with Gasteiger partial charge in [0.2, 0.25) is 0 Å². The summed E-state index contributed by atoms with van der Waals surface area (Å²) in [6.45, 7) is 7.26. The van der Waals surface area contributed by atoms with Crippen molar-refractivity contribution in [3.05, 3.63) is 0 Å². The van der Waals surface area contributed by atoms with E-state index >= 15 is 0 Å². The molecule has 0 radical (unpaired) electrons. The Balaban J connectivity index is 2.05. The number of nitrogens with zero attached hydrogens (tertiary/aromatic N) is 3. The lowest BCUT2D eigenvalue weighted by atomic mass is 10.1. The molecule has 0 spiro atoms. The van der Waals surface area contributed by atoms with Crippen LogP contribution in [0.4, 0.5) is 0 Å². The number of hydrogen-bond acceptors (Lipinski definition) is 4. The van der Waals surface area contributed by atoms with Crippen LogP contribution in [0, 0.1) is 0 Å². The first-order valence-electron chi connectivity index (χ1n) is 7.72. The summed E-state index contributed by atoms with van der Waals surface area (Å²) in [6.07, 6.45) is 3.08. The molecule has 0 aromatic heterocycles. The third-order valence-corrected chi connectivity index (χ3v) is 6.38. The SMILES string of the molecule is CCNCC1CCCCN1S(=O)(=O)N1CCN(C)CC1. The molecule has 1 N–H and O–H groups in total. The number of rotatable bonds is 5. The Kier molecular flexibility index (Phi) is 5.80. The van der Waals surface area contributed by atoms with Crippen LogP contribution in [0.5, 0.6) is 0 Å². The highest BCUT2D eigenvalue weighted by atomic mass is 32.2. The molecule has 20 heavy (non-hydrogen) atoms. The van der Waals surface area contributed by atoms with Gasteiger partial charge in [-0.1, -0.05) is 13.3 Å². The van der Waals surface area contributed by atoms with E-state index in [2.05, 4.69) is 17.1 Å². The quantitative estimate of drug-likeness (QED) is 0.773. The topological polar surface area (TPSA) is 55.9 Å². The fourth-order valence-corrected chi connectivity index (χ4v) is 4.80. The molecular weight excluding hydrogens is 276 g/mol. The minimum atomic E-state index is -3.29.